The van der Waals surface area contributed by atoms with E-state index in [4.69, 9.17) is 0 Å². The normalized spacial score (nSPS) is 15.1. The highest BCUT2D eigenvalue weighted by atomic mass is 32.1. The molecule has 1 aliphatic rings. The number of fused-ring (bicyclic) bond motifs is 2. The number of halogens is 1. The van der Waals surface area contributed by atoms with E-state index in [-0.39, 0.29) is 17.2 Å². The number of carboxylic acids is 1. The Morgan fingerprint density at radius 2 is 1.91 bits per heavy atom. The van der Waals surface area contributed by atoms with E-state index >= 15 is 4.39 Å². The zero-order valence-corrected chi connectivity index (χ0v) is 23.5. The van der Waals surface area contributed by atoms with E-state index < -0.39 is 17.7 Å². The molecule has 12 heteroatoms. The molecular formula is C31H24FN7O3S. The molecule has 6 aromatic rings. The maximum absolute atomic E-state index is 15.8. The molecule has 10 nitrogen and oxygen atoms in total. The number of benzene rings is 2. The Labute approximate surface area is 248 Å². The number of aromatic nitrogens is 5. The number of rotatable bonds is 6. The lowest BCUT2D eigenvalue weighted by atomic mass is 10.0. The van der Waals surface area contributed by atoms with Crippen LogP contribution in [-0.2, 0) is 0 Å². The summed E-state index contributed by atoms with van der Waals surface area (Å²) >= 11 is 1.52. The first-order valence-electron chi connectivity index (χ1n) is 13.7. The molecule has 214 valence electrons. The minimum Gasteiger partial charge on any atom is -0.478 e. The molecule has 0 aliphatic carbocycles. The van der Waals surface area contributed by atoms with Crippen LogP contribution in [0.4, 0.5) is 10.2 Å². The van der Waals surface area contributed by atoms with E-state index in [0.717, 1.165) is 39.9 Å². The molecular weight excluding hydrogens is 569 g/mol. The van der Waals surface area contributed by atoms with Crippen LogP contribution in [0.2, 0.25) is 0 Å². The Morgan fingerprint density at radius 1 is 1.05 bits per heavy atom. The lowest BCUT2D eigenvalue weighted by Gasteiger charge is -2.34. The SMILES string of the molecule is O=C(O)c1ccc(-c2cc3c(N(C(=O)c4ccc(-n5nnc6cccnc65)cc4F)[C@@H]4CCCNC4)nccc3s2)cc1. The van der Waals surface area contributed by atoms with Crippen molar-refractivity contribution in [2.45, 2.75) is 18.9 Å². The largest absolute Gasteiger partial charge is 0.478 e. The second-order valence-electron chi connectivity index (χ2n) is 10.2. The van der Waals surface area contributed by atoms with Crippen molar-refractivity contribution in [3.05, 3.63) is 96.1 Å². The number of carboxylic acid groups (broad SMARTS) is 1. The van der Waals surface area contributed by atoms with E-state index in [1.54, 1.807) is 59.8 Å². The van der Waals surface area contributed by atoms with Gasteiger partial charge in [-0.25, -0.2) is 19.2 Å². The maximum Gasteiger partial charge on any atom is 0.335 e. The molecule has 2 aromatic carbocycles. The fourth-order valence-electron chi connectivity index (χ4n) is 5.43. The van der Waals surface area contributed by atoms with Crippen molar-refractivity contribution in [2.75, 3.05) is 18.0 Å². The Kier molecular flexibility index (Phi) is 6.84. The van der Waals surface area contributed by atoms with Gasteiger partial charge < -0.3 is 10.4 Å². The highest BCUT2D eigenvalue weighted by Gasteiger charge is 2.32. The summed E-state index contributed by atoms with van der Waals surface area (Å²) in [5.74, 6) is -1.71. The Hall–Kier alpha value is -5.07. The van der Waals surface area contributed by atoms with Crippen LogP contribution in [0, 0.1) is 5.82 Å². The fourth-order valence-corrected chi connectivity index (χ4v) is 6.48. The number of hydrogen-bond donors (Lipinski definition) is 2. The van der Waals surface area contributed by atoms with E-state index in [9.17, 15) is 14.7 Å². The minimum atomic E-state index is -0.990. The number of thiophene rings is 1. The quantitative estimate of drug-likeness (QED) is 0.266. The topological polar surface area (TPSA) is 126 Å². The van der Waals surface area contributed by atoms with Gasteiger partial charge in [0, 0.05) is 40.0 Å². The first-order chi connectivity index (χ1) is 21.0. The number of carbonyl (C=O) groups excluding carboxylic acids is 1. The van der Waals surface area contributed by atoms with Crippen LogP contribution >= 0.6 is 11.3 Å². The molecule has 1 saturated heterocycles. The van der Waals surface area contributed by atoms with Crippen LogP contribution in [0.5, 0.6) is 0 Å². The van der Waals surface area contributed by atoms with Gasteiger partial charge in [0.2, 0.25) is 0 Å². The summed E-state index contributed by atoms with van der Waals surface area (Å²) in [6.45, 7) is 1.39. The lowest BCUT2D eigenvalue weighted by Crippen LogP contribution is -2.49. The molecule has 0 unspecified atom stereocenters. The van der Waals surface area contributed by atoms with Gasteiger partial charge in [-0.3, -0.25) is 9.69 Å². The van der Waals surface area contributed by atoms with E-state index in [1.807, 2.05) is 12.1 Å². The number of nitrogens with zero attached hydrogens (tertiary/aromatic N) is 6. The van der Waals surface area contributed by atoms with Crippen LogP contribution < -0.4 is 10.2 Å². The van der Waals surface area contributed by atoms with Crippen LogP contribution in [0.25, 0.3) is 37.4 Å². The third-order valence-electron chi connectivity index (χ3n) is 7.56. The molecule has 43 heavy (non-hydrogen) atoms. The number of pyridine rings is 2. The van der Waals surface area contributed by atoms with Crippen molar-refractivity contribution in [1.29, 1.82) is 0 Å². The van der Waals surface area contributed by atoms with Gasteiger partial charge in [-0.1, -0.05) is 17.3 Å². The van der Waals surface area contributed by atoms with Crippen LogP contribution in [0.1, 0.15) is 33.6 Å². The number of hydrogen-bond acceptors (Lipinski definition) is 8. The molecule has 2 N–H and O–H groups in total. The van der Waals surface area contributed by atoms with Crippen molar-refractivity contribution in [3.63, 3.8) is 0 Å². The van der Waals surface area contributed by atoms with E-state index in [2.05, 4.69) is 25.6 Å². The summed E-state index contributed by atoms with van der Waals surface area (Å²) in [5.41, 5.74) is 2.44. The number of nitrogens with one attached hydrogen (secondary N) is 1. The van der Waals surface area contributed by atoms with E-state index in [0.29, 0.717) is 29.2 Å². The second kappa shape index (κ2) is 11.0. The average molecular weight is 594 g/mol. The van der Waals surface area contributed by atoms with Gasteiger partial charge in [0.05, 0.1) is 22.9 Å². The van der Waals surface area contributed by atoms with Gasteiger partial charge >= 0.3 is 5.97 Å². The van der Waals surface area contributed by atoms with Crippen molar-refractivity contribution in [1.82, 2.24) is 30.3 Å². The van der Waals surface area contributed by atoms with Gasteiger partial charge in [0.1, 0.15) is 17.2 Å². The molecule has 0 spiro atoms. The monoisotopic (exact) mass is 593 g/mol. The summed E-state index contributed by atoms with van der Waals surface area (Å²) < 4.78 is 18.1. The number of piperidine rings is 1. The first kappa shape index (κ1) is 26.8. The third kappa shape index (κ3) is 4.90. The molecule has 1 amide bonds. The standard InChI is InChI=1S/C31H24FN7O3S/c32-24-15-20(39-29-25(36-37-39)4-2-13-34-29)9-10-22(24)30(40)38(21-3-1-12-33-17-21)28-23-16-27(43-26(23)11-14-35-28)18-5-7-19(8-6-18)31(41)42/h2,4-11,13-16,21,33H,1,3,12,17H2,(H,41,42)/t21-/m1/s1. The van der Waals surface area contributed by atoms with Crippen molar-refractivity contribution >= 4 is 50.3 Å². The van der Waals surface area contributed by atoms with Crippen LogP contribution in [-0.4, -0.2) is 61.1 Å². The van der Waals surface area contributed by atoms with Crippen LogP contribution in [0.15, 0.2) is 79.1 Å². The van der Waals surface area contributed by atoms with Gasteiger partial charge in [0.25, 0.3) is 5.91 Å². The average Bonchev–Trinajstić information content (AvgIpc) is 3.67. The molecule has 0 radical (unpaired) electrons. The first-order valence-corrected chi connectivity index (χ1v) is 14.5. The number of amides is 1. The second-order valence-corrected chi connectivity index (χ2v) is 11.3. The zero-order chi connectivity index (χ0) is 29.5. The minimum absolute atomic E-state index is 0.0785. The Morgan fingerprint density at radius 3 is 2.67 bits per heavy atom. The Bertz CT molecular complexity index is 2000. The van der Waals surface area contributed by atoms with Crippen molar-refractivity contribution in [2.24, 2.45) is 0 Å². The van der Waals surface area contributed by atoms with Gasteiger partial charge in [-0.2, -0.15) is 4.68 Å². The van der Waals surface area contributed by atoms with Gasteiger partial charge in [-0.05, 0) is 73.5 Å². The summed E-state index contributed by atoms with van der Waals surface area (Å²) in [4.78, 5) is 37.0. The Balaban J connectivity index is 1.29. The maximum atomic E-state index is 15.8. The molecule has 1 fully saturated rings. The molecule has 1 aliphatic heterocycles. The summed E-state index contributed by atoms with van der Waals surface area (Å²) in [6, 6.07) is 18.1. The van der Waals surface area contributed by atoms with Crippen LogP contribution in [0.3, 0.4) is 0 Å². The summed E-state index contributed by atoms with van der Waals surface area (Å²) in [6.07, 6.45) is 4.87. The zero-order valence-electron chi connectivity index (χ0n) is 22.6. The molecule has 4 aromatic heterocycles. The molecule has 5 heterocycles. The van der Waals surface area contributed by atoms with Gasteiger partial charge in [0.15, 0.2) is 5.65 Å². The number of carbonyl (C=O) groups is 2. The fraction of sp³-hybridized carbons (Fsp3) is 0.161. The highest BCUT2D eigenvalue weighted by molar-refractivity contribution is 7.22. The van der Waals surface area contributed by atoms with Crippen molar-refractivity contribution in [3.8, 4) is 16.1 Å². The molecule has 7 rings (SSSR count). The highest BCUT2D eigenvalue weighted by Crippen LogP contribution is 2.39. The molecule has 0 bridgehead atoms. The summed E-state index contributed by atoms with van der Waals surface area (Å²) in [5, 5.41) is 21.6. The predicted octanol–water partition coefficient (Wildman–Crippen LogP) is 5.33. The number of aromatic carboxylic acids is 1. The lowest BCUT2D eigenvalue weighted by molar-refractivity contribution is 0.0696. The predicted molar refractivity (Wildman–Crippen MR) is 161 cm³/mol. The van der Waals surface area contributed by atoms with Gasteiger partial charge in [-0.15, -0.1) is 16.4 Å². The summed E-state index contributed by atoms with van der Waals surface area (Å²) in [7, 11) is 0. The van der Waals surface area contributed by atoms with E-state index in [1.165, 1.54) is 28.2 Å². The molecule has 1 atom stereocenters. The smallest absolute Gasteiger partial charge is 0.335 e. The number of anilines is 1. The third-order valence-corrected chi connectivity index (χ3v) is 8.71. The molecule has 0 saturated carbocycles. The van der Waals surface area contributed by atoms with Crippen molar-refractivity contribution < 1.29 is 19.1 Å².